The molecule has 0 saturated carbocycles. The van der Waals surface area contributed by atoms with Crippen LogP contribution in [0.5, 0.6) is 0 Å². The summed E-state index contributed by atoms with van der Waals surface area (Å²) in [6, 6.07) is 5.70. The number of phosphoric ester groups is 1. The van der Waals surface area contributed by atoms with E-state index in [0.29, 0.717) is 5.69 Å². The lowest BCUT2D eigenvalue weighted by Crippen LogP contribution is -2.40. The zero-order chi connectivity index (χ0) is 16.1. The molecular weight excluding hydrogens is 304 g/mol. The number of hydrogen-bond acceptors (Lipinski definition) is 6. The maximum atomic E-state index is 12.0. The normalized spacial score (nSPS) is 28.2. The van der Waals surface area contributed by atoms with Crippen LogP contribution in [0.4, 0.5) is 10.1 Å². The molecule has 0 amide bonds. The molecule has 0 aromatic heterocycles. The predicted octanol–water partition coefficient (Wildman–Crippen LogP) is 1.72. The third-order valence-electron chi connectivity index (χ3n) is 2.64. The molecule has 1 aliphatic heterocycles. The minimum atomic E-state index is -3.92. The standard InChI is InChI=1S/C6H6FN.C6H11O6P/c7-5-1-3-6(8)4-2-5;1-6(5(7)10-2)3-11-13(8,9)12-4-6/h1-4H,8H2;3-4H2,1-2H3,(H,8,9). The van der Waals surface area contributed by atoms with Crippen LogP contribution < -0.4 is 5.73 Å². The highest BCUT2D eigenvalue weighted by molar-refractivity contribution is 7.47. The molecule has 21 heavy (non-hydrogen) atoms. The van der Waals surface area contributed by atoms with Crippen LogP contribution >= 0.6 is 7.82 Å². The summed E-state index contributed by atoms with van der Waals surface area (Å²) in [5.74, 6) is -0.772. The van der Waals surface area contributed by atoms with Crippen LogP contribution in [0.3, 0.4) is 0 Å². The Balaban J connectivity index is 0.000000235. The maximum Gasteiger partial charge on any atom is 0.472 e. The van der Waals surface area contributed by atoms with Gasteiger partial charge in [0.2, 0.25) is 0 Å². The number of anilines is 1. The maximum absolute atomic E-state index is 12.0. The van der Waals surface area contributed by atoms with Crippen molar-refractivity contribution in [2.24, 2.45) is 5.41 Å². The first-order valence-corrected chi connectivity index (χ1v) is 7.39. The molecule has 2 rings (SSSR count). The SMILES string of the molecule is COC(=O)C1(C)COP(=O)(O)OC1.Nc1ccc(F)cc1. The number of rotatable bonds is 1. The van der Waals surface area contributed by atoms with Crippen LogP contribution in [0.2, 0.25) is 0 Å². The number of nitrogens with two attached hydrogens (primary N) is 1. The van der Waals surface area contributed by atoms with Crippen molar-refractivity contribution >= 4 is 19.5 Å². The van der Waals surface area contributed by atoms with E-state index >= 15 is 0 Å². The summed E-state index contributed by atoms with van der Waals surface area (Å²) in [5, 5.41) is 0. The van der Waals surface area contributed by atoms with Gasteiger partial charge in [0.05, 0.1) is 20.3 Å². The fraction of sp³-hybridized carbons (Fsp3) is 0.417. The molecule has 118 valence electrons. The van der Waals surface area contributed by atoms with Gasteiger partial charge in [-0.3, -0.25) is 13.8 Å². The van der Waals surface area contributed by atoms with E-state index in [9.17, 15) is 13.8 Å². The van der Waals surface area contributed by atoms with Gasteiger partial charge in [-0.05, 0) is 31.2 Å². The van der Waals surface area contributed by atoms with Gasteiger partial charge in [-0.25, -0.2) is 8.96 Å². The molecule has 3 N–H and O–H groups in total. The quantitative estimate of drug-likeness (QED) is 0.460. The molecule has 1 aromatic rings. The Labute approximate surface area is 121 Å². The number of methoxy groups -OCH3 is 1. The third kappa shape index (κ3) is 5.43. The van der Waals surface area contributed by atoms with E-state index in [4.69, 9.17) is 10.6 Å². The highest BCUT2D eigenvalue weighted by Gasteiger charge is 2.44. The largest absolute Gasteiger partial charge is 0.472 e. The monoisotopic (exact) mass is 321 g/mol. The minimum Gasteiger partial charge on any atom is -0.468 e. The first kappa shape index (κ1) is 17.6. The third-order valence-corrected chi connectivity index (χ3v) is 3.55. The Kier molecular flexibility index (Phi) is 5.86. The summed E-state index contributed by atoms with van der Waals surface area (Å²) in [7, 11) is -2.69. The van der Waals surface area contributed by atoms with Crippen LogP contribution in [-0.2, 0) is 23.1 Å². The molecule has 1 aromatic carbocycles. The molecule has 7 nitrogen and oxygen atoms in total. The van der Waals surface area contributed by atoms with Gasteiger partial charge in [0.1, 0.15) is 11.2 Å². The number of nitrogen functional groups attached to an aromatic ring is 1. The Morgan fingerprint density at radius 1 is 1.38 bits per heavy atom. The van der Waals surface area contributed by atoms with Gasteiger partial charge in [-0.15, -0.1) is 0 Å². The molecule has 0 bridgehead atoms. The van der Waals surface area contributed by atoms with E-state index < -0.39 is 19.2 Å². The lowest BCUT2D eigenvalue weighted by atomic mass is 9.93. The number of benzene rings is 1. The van der Waals surface area contributed by atoms with E-state index in [1.807, 2.05) is 0 Å². The molecule has 1 heterocycles. The summed E-state index contributed by atoms with van der Waals surface area (Å²) in [4.78, 5) is 20.0. The molecule has 0 atom stereocenters. The van der Waals surface area contributed by atoms with Gasteiger partial charge in [-0.1, -0.05) is 0 Å². The molecule has 0 unspecified atom stereocenters. The van der Waals surface area contributed by atoms with Crippen LogP contribution in [0.25, 0.3) is 0 Å². The van der Waals surface area contributed by atoms with Crippen molar-refractivity contribution in [3.05, 3.63) is 30.1 Å². The molecule has 1 saturated heterocycles. The molecule has 1 fully saturated rings. The number of phosphoric acid groups is 1. The molecule has 1 aliphatic rings. The van der Waals surface area contributed by atoms with E-state index in [1.54, 1.807) is 0 Å². The minimum absolute atomic E-state index is 0.173. The lowest BCUT2D eigenvalue weighted by molar-refractivity contribution is -0.159. The van der Waals surface area contributed by atoms with E-state index in [2.05, 4.69) is 13.8 Å². The second kappa shape index (κ2) is 7.00. The van der Waals surface area contributed by atoms with Crippen molar-refractivity contribution in [1.82, 2.24) is 0 Å². The van der Waals surface area contributed by atoms with Crippen molar-refractivity contribution in [2.45, 2.75) is 6.92 Å². The van der Waals surface area contributed by atoms with Crippen molar-refractivity contribution in [3.63, 3.8) is 0 Å². The van der Waals surface area contributed by atoms with Crippen LogP contribution in [-0.4, -0.2) is 31.2 Å². The van der Waals surface area contributed by atoms with Crippen LogP contribution in [0, 0.1) is 11.2 Å². The highest BCUT2D eigenvalue weighted by atomic mass is 31.2. The fourth-order valence-electron chi connectivity index (χ4n) is 1.35. The van der Waals surface area contributed by atoms with Crippen molar-refractivity contribution in [3.8, 4) is 0 Å². The smallest absolute Gasteiger partial charge is 0.468 e. The lowest BCUT2D eigenvalue weighted by Gasteiger charge is -2.31. The van der Waals surface area contributed by atoms with Gasteiger partial charge < -0.3 is 15.4 Å². The number of carbonyl (C=O) groups is 1. The summed E-state index contributed by atoms with van der Waals surface area (Å²) < 4.78 is 36.3. The average molecular weight is 321 g/mol. The molecule has 0 aliphatic carbocycles. The van der Waals surface area contributed by atoms with Gasteiger partial charge >= 0.3 is 13.8 Å². The van der Waals surface area contributed by atoms with Crippen LogP contribution in [0.1, 0.15) is 6.92 Å². The summed E-state index contributed by atoms with van der Waals surface area (Å²) in [6.45, 7) is 1.19. The van der Waals surface area contributed by atoms with E-state index in [1.165, 1.54) is 38.3 Å². The van der Waals surface area contributed by atoms with Crippen molar-refractivity contribution in [1.29, 1.82) is 0 Å². The van der Waals surface area contributed by atoms with Crippen molar-refractivity contribution in [2.75, 3.05) is 26.1 Å². The average Bonchev–Trinajstić information content (AvgIpc) is 2.45. The Morgan fingerprint density at radius 2 is 1.86 bits per heavy atom. The Hall–Kier alpha value is -1.47. The molecule has 9 heteroatoms. The summed E-state index contributed by atoms with van der Waals surface area (Å²) >= 11 is 0. The first-order chi connectivity index (χ1) is 9.68. The highest BCUT2D eigenvalue weighted by Crippen LogP contribution is 2.49. The van der Waals surface area contributed by atoms with Gasteiger partial charge in [-0.2, -0.15) is 0 Å². The molecule has 0 spiro atoms. The van der Waals surface area contributed by atoms with Gasteiger partial charge in [0.25, 0.3) is 0 Å². The van der Waals surface area contributed by atoms with Crippen molar-refractivity contribution < 1.29 is 32.4 Å². The zero-order valence-corrected chi connectivity index (χ0v) is 12.5. The molecule has 0 radical (unpaired) electrons. The second-order valence-electron chi connectivity index (χ2n) is 4.62. The number of hydrogen-bond donors (Lipinski definition) is 2. The topological polar surface area (TPSA) is 108 Å². The number of esters is 1. The fourth-order valence-corrected chi connectivity index (χ4v) is 2.32. The first-order valence-electron chi connectivity index (χ1n) is 5.90. The summed E-state index contributed by atoms with van der Waals surface area (Å²) in [6.07, 6.45) is 0. The number of ether oxygens (including phenoxy) is 1. The second-order valence-corrected chi connectivity index (χ2v) is 6.07. The number of carbonyl (C=O) groups excluding carboxylic acids is 1. The zero-order valence-electron chi connectivity index (χ0n) is 11.6. The van der Waals surface area contributed by atoms with Crippen LogP contribution in [0.15, 0.2) is 24.3 Å². The van der Waals surface area contributed by atoms with E-state index in [-0.39, 0.29) is 19.0 Å². The Morgan fingerprint density at radius 3 is 2.24 bits per heavy atom. The summed E-state index contributed by atoms with van der Waals surface area (Å²) in [5.41, 5.74) is 4.85. The van der Waals surface area contributed by atoms with Gasteiger partial charge in [0.15, 0.2) is 0 Å². The number of halogens is 1. The van der Waals surface area contributed by atoms with Gasteiger partial charge in [0, 0.05) is 5.69 Å². The Bertz CT molecular complexity index is 502. The predicted molar refractivity (Wildman–Crippen MR) is 72.7 cm³/mol. The molecular formula is C12H17FNO6P. The van der Waals surface area contributed by atoms with E-state index in [0.717, 1.165) is 0 Å².